The summed E-state index contributed by atoms with van der Waals surface area (Å²) in [6.07, 6.45) is 2.50. The second-order valence-electron chi connectivity index (χ2n) is 3.28. The molecular weight excluding hydrogens is 238 g/mol. The van der Waals surface area contributed by atoms with Gasteiger partial charge in [-0.25, -0.2) is 0 Å². The van der Waals surface area contributed by atoms with E-state index in [1.165, 1.54) is 11.3 Å². The first-order valence-corrected chi connectivity index (χ1v) is 5.85. The Bertz CT molecular complexity index is 496. The first kappa shape index (κ1) is 11.6. The van der Waals surface area contributed by atoms with E-state index in [2.05, 4.69) is 4.98 Å². The Hall–Kier alpha value is -1.88. The minimum atomic E-state index is 0.415. The predicted octanol–water partition coefficient (Wildman–Crippen LogP) is 2.54. The molecule has 0 N–H and O–H groups in total. The van der Waals surface area contributed by atoms with E-state index in [-0.39, 0.29) is 0 Å². The van der Waals surface area contributed by atoms with E-state index in [1.54, 1.807) is 37.0 Å². The molecule has 1 heterocycles. The molecule has 0 bridgehead atoms. The molecule has 17 heavy (non-hydrogen) atoms. The van der Waals surface area contributed by atoms with Gasteiger partial charge in [0.1, 0.15) is 18.1 Å². The van der Waals surface area contributed by atoms with Gasteiger partial charge in [0.25, 0.3) is 0 Å². The molecule has 0 aliphatic carbocycles. The standard InChI is InChI=1S/C12H11NO3S/c1-15-10-2-3-12(9(4-10)6-14)16-7-11-5-13-8-17-11/h2-6,8H,7H2,1H3. The maximum atomic E-state index is 10.9. The molecule has 0 saturated heterocycles. The summed E-state index contributed by atoms with van der Waals surface area (Å²) in [6, 6.07) is 5.13. The number of ether oxygens (including phenoxy) is 2. The third kappa shape index (κ3) is 2.82. The summed E-state index contributed by atoms with van der Waals surface area (Å²) in [4.78, 5) is 15.9. The molecule has 0 radical (unpaired) electrons. The lowest BCUT2D eigenvalue weighted by atomic mass is 10.2. The van der Waals surface area contributed by atoms with Gasteiger partial charge in [0, 0.05) is 6.20 Å². The van der Waals surface area contributed by atoms with Crippen LogP contribution >= 0.6 is 11.3 Å². The minimum absolute atomic E-state index is 0.415. The molecule has 0 atom stereocenters. The van der Waals surface area contributed by atoms with Gasteiger partial charge in [-0.1, -0.05) is 0 Å². The van der Waals surface area contributed by atoms with Gasteiger partial charge in [-0.3, -0.25) is 9.78 Å². The third-order valence-electron chi connectivity index (χ3n) is 2.20. The summed E-state index contributed by atoms with van der Waals surface area (Å²) < 4.78 is 10.6. The molecule has 2 aromatic rings. The fraction of sp³-hybridized carbons (Fsp3) is 0.167. The highest BCUT2D eigenvalue weighted by Crippen LogP contribution is 2.23. The number of hydrogen-bond acceptors (Lipinski definition) is 5. The average molecular weight is 249 g/mol. The Morgan fingerprint density at radius 2 is 2.35 bits per heavy atom. The molecule has 0 fully saturated rings. The van der Waals surface area contributed by atoms with E-state index < -0.39 is 0 Å². The summed E-state index contributed by atoms with van der Waals surface area (Å²) in [5.74, 6) is 1.19. The lowest BCUT2D eigenvalue weighted by Crippen LogP contribution is -1.97. The van der Waals surface area contributed by atoms with Gasteiger partial charge < -0.3 is 9.47 Å². The largest absolute Gasteiger partial charge is 0.497 e. The maximum absolute atomic E-state index is 10.9. The Kier molecular flexibility index (Phi) is 3.72. The van der Waals surface area contributed by atoms with Crippen LogP contribution in [0.1, 0.15) is 15.2 Å². The van der Waals surface area contributed by atoms with Crippen LogP contribution in [0, 0.1) is 0 Å². The zero-order valence-electron chi connectivity index (χ0n) is 9.25. The van der Waals surface area contributed by atoms with E-state index >= 15 is 0 Å². The summed E-state index contributed by atoms with van der Waals surface area (Å²) in [5, 5.41) is 0. The van der Waals surface area contributed by atoms with E-state index in [0.717, 1.165) is 11.2 Å². The van der Waals surface area contributed by atoms with Crippen LogP contribution in [0.4, 0.5) is 0 Å². The molecule has 1 aromatic carbocycles. The monoisotopic (exact) mass is 249 g/mol. The van der Waals surface area contributed by atoms with Gasteiger partial charge >= 0.3 is 0 Å². The topological polar surface area (TPSA) is 48.4 Å². The van der Waals surface area contributed by atoms with Crippen molar-refractivity contribution >= 4 is 17.6 Å². The molecule has 0 amide bonds. The van der Waals surface area contributed by atoms with E-state index in [9.17, 15) is 4.79 Å². The van der Waals surface area contributed by atoms with Crippen molar-refractivity contribution in [3.63, 3.8) is 0 Å². The van der Waals surface area contributed by atoms with Crippen molar-refractivity contribution < 1.29 is 14.3 Å². The van der Waals surface area contributed by atoms with Crippen LogP contribution in [0.15, 0.2) is 29.9 Å². The number of methoxy groups -OCH3 is 1. The highest BCUT2D eigenvalue weighted by atomic mass is 32.1. The Labute approximate surface area is 103 Å². The smallest absolute Gasteiger partial charge is 0.153 e. The minimum Gasteiger partial charge on any atom is -0.497 e. The van der Waals surface area contributed by atoms with Crippen LogP contribution in [0.5, 0.6) is 11.5 Å². The van der Waals surface area contributed by atoms with Gasteiger partial charge in [-0.05, 0) is 18.2 Å². The molecule has 1 aromatic heterocycles. The van der Waals surface area contributed by atoms with Crippen molar-refractivity contribution in [3.05, 3.63) is 40.3 Å². The number of hydrogen-bond donors (Lipinski definition) is 0. The highest BCUT2D eigenvalue weighted by Gasteiger charge is 2.05. The first-order chi connectivity index (χ1) is 8.33. The summed E-state index contributed by atoms with van der Waals surface area (Å²) in [6.45, 7) is 0.415. The predicted molar refractivity (Wildman–Crippen MR) is 64.8 cm³/mol. The Balaban J connectivity index is 2.12. The quantitative estimate of drug-likeness (QED) is 0.764. The Morgan fingerprint density at radius 1 is 1.47 bits per heavy atom. The number of rotatable bonds is 5. The molecule has 4 nitrogen and oxygen atoms in total. The number of aromatic nitrogens is 1. The van der Waals surface area contributed by atoms with E-state index in [1.807, 2.05) is 0 Å². The van der Waals surface area contributed by atoms with Crippen LogP contribution in [0.2, 0.25) is 0 Å². The summed E-state index contributed by atoms with van der Waals surface area (Å²) in [5.41, 5.74) is 2.22. The van der Waals surface area contributed by atoms with Crippen LogP contribution < -0.4 is 9.47 Å². The van der Waals surface area contributed by atoms with Crippen LogP contribution in [0.3, 0.4) is 0 Å². The summed E-state index contributed by atoms with van der Waals surface area (Å²) in [7, 11) is 1.56. The number of thiazole rings is 1. The lowest BCUT2D eigenvalue weighted by molar-refractivity contribution is 0.111. The zero-order chi connectivity index (χ0) is 12.1. The second kappa shape index (κ2) is 5.45. The SMILES string of the molecule is COc1ccc(OCc2cncs2)c(C=O)c1. The van der Waals surface area contributed by atoms with Crippen LogP contribution in [-0.4, -0.2) is 18.4 Å². The number of benzene rings is 1. The van der Waals surface area contributed by atoms with Gasteiger partial charge in [-0.2, -0.15) is 0 Å². The van der Waals surface area contributed by atoms with Crippen molar-refractivity contribution in [3.8, 4) is 11.5 Å². The molecule has 0 aliphatic rings. The first-order valence-electron chi connectivity index (χ1n) is 4.97. The number of aldehydes is 1. The van der Waals surface area contributed by atoms with Crippen LogP contribution in [-0.2, 0) is 6.61 Å². The molecule has 0 saturated carbocycles. The number of carbonyl (C=O) groups is 1. The molecular formula is C12H11NO3S. The lowest BCUT2D eigenvalue weighted by Gasteiger charge is -2.08. The molecule has 5 heteroatoms. The van der Waals surface area contributed by atoms with Crippen molar-refractivity contribution in [1.82, 2.24) is 4.98 Å². The zero-order valence-corrected chi connectivity index (χ0v) is 10.1. The van der Waals surface area contributed by atoms with Crippen molar-refractivity contribution in [2.24, 2.45) is 0 Å². The normalized spacial score (nSPS) is 9.94. The fourth-order valence-corrected chi connectivity index (χ4v) is 1.85. The van der Waals surface area contributed by atoms with E-state index in [4.69, 9.17) is 9.47 Å². The van der Waals surface area contributed by atoms with Crippen molar-refractivity contribution in [2.75, 3.05) is 7.11 Å². The molecule has 0 spiro atoms. The summed E-state index contributed by atoms with van der Waals surface area (Å²) >= 11 is 1.51. The third-order valence-corrected chi connectivity index (χ3v) is 2.95. The molecule has 2 rings (SSSR count). The number of carbonyl (C=O) groups excluding carboxylic acids is 1. The van der Waals surface area contributed by atoms with E-state index in [0.29, 0.717) is 23.7 Å². The molecule has 0 aliphatic heterocycles. The van der Waals surface area contributed by atoms with Crippen molar-refractivity contribution in [1.29, 1.82) is 0 Å². The fourth-order valence-electron chi connectivity index (χ4n) is 1.34. The highest BCUT2D eigenvalue weighted by molar-refractivity contribution is 7.09. The molecule has 88 valence electrons. The number of nitrogens with zero attached hydrogens (tertiary/aromatic N) is 1. The maximum Gasteiger partial charge on any atom is 0.153 e. The van der Waals surface area contributed by atoms with Crippen LogP contribution in [0.25, 0.3) is 0 Å². The van der Waals surface area contributed by atoms with Gasteiger partial charge in [0.15, 0.2) is 6.29 Å². The Morgan fingerprint density at radius 3 is 3.00 bits per heavy atom. The molecule has 0 unspecified atom stereocenters. The van der Waals surface area contributed by atoms with Crippen molar-refractivity contribution in [2.45, 2.75) is 6.61 Å². The average Bonchev–Trinajstić information content (AvgIpc) is 2.89. The van der Waals surface area contributed by atoms with Gasteiger partial charge in [0.2, 0.25) is 0 Å². The van der Waals surface area contributed by atoms with Gasteiger partial charge in [-0.15, -0.1) is 11.3 Å². The second-order valence-corrected chi connectivity index (χ2v) is 4.25. The van der Waals surface area contributed by atoms with Gasteiger partial charge in [0.05, 0.1) is 23.1 Å².